The van der Waals surface area contributed by atoms with Crippen LogP contribution < -0.4 is 5.32 Å². The molecule has 1 aliphatic carbocycles. The third-order valence-corrected chi connectivity index (χ3v) is 3.81. The van der Waals surface area contributed by atoms with Crippen molar-refractivity contribution in [3.8, 4) is 0 Å². The molecule has 0 atom stereocenters. The lowest BCUT2D eigenvalue weighted by Gasteiger charge is -2.26. The Balaban J connectivity index is 1.67. The summed E-state index contributed by atoms with van der Waals surface area (Å²) >= 11 is 0. The fourth-order valence-corrected chi connectivity index (χ4v) is 2.56. The first-order valence-corrected chi connectivity index (χ1v) is 6.69. The zero-order chi connectivity index (χ0) is 12.1. The minimum atomic E-state index is -0.157. The van der Waals surface area contributed by atoms with Gasteiger partial charge in [0.2, 0.25) is 0 Å². The second-order valence-corrected chi connectivity index (χ2v) is 5.38. The molecule has 1 saturated carbocycles. The van der Waals surface area contributed by atoms with Crippen LogP contribution in [0.15, 0.2) is 24.3 Å². The van der Waals surface area contributed by atoms with Gasteiger partial charge in [0.05, 0.1) is 0 Å². The van der Waals surface area contributed by atoms with Gasteiger partial charge in [-0.1, -0.05) is 31.9 Å². The summed E-state index contributed by atoms with van der Waals surface area (Å²) in [4.78, 5) is 0. The highest BCUT2D eigenvalue weighted by Gasteiger charge is 2.17. The summed E-state index contributed by atoms with van der Waals surface area (Å²) < 4.78 is 12.7. The van der Waals surface area contributed by atoms with Gasteiger partial charge in [0.1, 0.15) is 5.82 Å². The molecule has 1 aromatic carbocycles. The summed E-state index contributed by atoms with van der Waals surface area (Å²) in [7, 11) is 0. The molecule has 1 N–H and O–H groups in total. The maximum Gasteiger partial charge on any atom is 0.123 e. The Labute approximate surface area is 103 Å². The van der Waals surface area contributed by atoms with Crippen LogP contribution >= 0.6 is 0 Å². The van der Waals surface area contributed by atoms with Crippen molar-refractivity contribution in [1.82, 2.24) is 5.32 Å². The van der Waals surface area contributed by atoms with E-state index in [-0.39, 0.29) is 5.82 Å². The second kappa shape index (κ2) is 6.15. The molecule has 0 aromatic heterocycles. The van der Waals surface area contributed by atoms with Crippen molar-refractivity contribution in [3.63, 3.8) is 0 Å². The Bertz CT molecular complexity index is 325. The SMILES string of the molecule is C[C@H]1CC[C@H](CNCc2ccc(F)cc2)CC1. The summed E-state index contributed by atoms with van der Waals surface area (Å²) in [5.74, 6) is 1.60. The summed E-state index contributed by atoms with van der Waals surface area (Å²) in [5.41, 5.74) is 1.16. The summed E-state index contributed by atoms with van der Waals surface area (Å²) in [6.07, 6.45) is 5.47. The average Bonchev–Trinajstić information content (AvgIpc) is 2.34. The van der Waals surface area contributed by atoms with E-state index in [0.717, 1.165) is 30.5 Å². The number of hydrogen-bond acceptors (Lipinski definition) is 1. The van der Waals surface area contributed by atoms with E-state index in [1.54, 1.807) is 0 Å². The lowest BCUT2D eigenvalue weighted by atomic mass is 9.83. The van der Waals surface area contributed by atoms with E-state index in [2.05, 4.69) is 12.2 Å². The molecular formula is C15H22FN. The van der Waals surface area contributed by atoms with E-state index in [9.17, 15) is 4.39 Å². The molecule has 0 heterocycles. The van der Waals surface area contributed by atoms with Crippen LogP contribution in [-0.2, 0) is 6.54 Å². The average molecular weight is 235 g/mol. The normalized spacial score (nSPS) is 24.8. The van der Waals surface area contributed by atoms with Crippen LogP contribution in [0.3, 0.4) is 0 Å². The molecular weight excluding hydrogens is 213 g/mol. The summed E-state index contributed by atoms with van der Waals surface area (Å²) in [5, 5.41) is 3.48. The molecule has 1 aromatic rings. The van der Waals surface area contributed by atoms with Crippen LogP contribution in [0.1, 0.15) is 38.2 Å². The zero-order valence-corrected chi connectivity index (χ0v) is 10.6. The van der Waals surface area contributed by atoms with Gasteiger partial charge in [-0.2, -0.15) is 0 Å². The monoisotopic (exact) mass is 235 g/mol. The van der Waals surface area contributed by atoms with E-state index >= 15 is 0 Å². The Morgan fingerprint density at radius 3 is 2.41 bits per heavy atom. The van der Waals surface area contributed by atoms with Crippen molar-refractivity contribution in [2.75, 3.05) is 6.54 Å². The van der Waals surface area contributed by atoms with Crippen molar-refractivity contribution in [3.05, 3.63) is 35.6 Å². The smallest absolute Gasteiger partial charge is 0.123 e. The molecule has 1 nitrogen and oxygen atoms in total. The number of benzene rings is 1. The van der Waals surface area contributed by atoms with Gasteiger partial charge in [0, 0.05) is 6.54 Å². The van der Waals surface area contributed by atoms with Crippen LogP contribution in [0.4, 0.5) is 4.39 Å². The predicted octanol–water partition coefficient (Wildman–Crippen LogP) is 3.74. The predicted molar refractivity (Wildman–Crippen MR) is 69.2 cm³/mol. The van der Waals surface area contributed by atoms with Crippen LogP contribution in [0.2, 0.25) is 0 Å². The van der Waals surface area contributed by atoms with Gasteiger partial charge in [0.15, 0.2) is 0 Å². The number of halogens is 1. The van der Waals surface area contributed by atoms with E-state index in [0.29, 0.717) is 0 Å². The van der Waals surface area contributed by atoms with Gasteiger partial charge in [0.25, 0.3) is 0 Å². The first kappa shape index (κ1) is 12.6. The van der Waals surface area contributed by atoms with E-state index < -0.39 is 0 Å². The van der Waals surface area contributed by atoms with Crippen molar-refractivity contribution >= 4 is 0 Å². The maximum atomic E-state index is 12.7. The van der Waals surface area contributed by atoms with Crippen LogP contribution in [-0.4, -0.2) is 6.54 Å². The molecule has 0 radical (unpaired) electrons. The Hall–Kier alpha value is -0.890. The van der Waals surface area contributed by atoms with Crippen molar-refractivity contribution < 1.29 is 4.39 Å². The molecule has 17 heavy (non-hydrogen) atoms. The van der Waals surface area contributed by atoms with Gasteiger partial charge in [-0.25, -0.2) is 4.39 Å². The quantitative estimate of drug-likeness (QED) is 0.838. The van der Waals surface area contributed by atoms with Crippen LogP contribution in [0.25, 0.3) is 0 Å². The molecule has 0 bridgehead atoms. The second-order valence-electron chi connectivity index (χ2n) is 5.38. The Morgan fingerprint density at radius 2 is 1.76 bits per heavy atom. The molecule has 94 valence electrons. The standard InChI is InChI=1S/C15H22FN/c1-12-2-4-13(5-3-12)10-17-11-14-6-8-15(16)9-7-14/h6-9,12-13,17H,2-5,10-11H2,1H3/t12-,13-. The first-order valence-electron chi connectivity index (χ1n) is 6.69. The number of nitrogens with one attached hydrogen (secondary N) is 1. The molecule has 0 spiro atoms. The number of hydrogen-bond donors (Lipinski definition) is 1. The molecule has 2 rings (SSSR count). The van der Waals surface area contributed by atoms with Crippen LogP contribution in [0, 0.1) is 17.7 Å². The van der Waals surface area contributed by atoms with Gasteiger partial charge in [-0.3, -0.25) is 0 Å². The molecule has 1 fully saturated rings. The minimum Gasteiger partial charge on any atom is -0.312 e. The van der Waals surface area contributed by atoms with Gasteiger partial charge in [-0.15, -0.1) is 0 Å². The lowest BCUT2D eigenvalue weighted by Crippen LogP contribution is -2.25. The van der Waals surface area contributed by atoms with Crippen molar-refractivity contribution in [2.45, 2.75) is 39.2 Å². The molecule has 0 saturated heterocycles. The fraction of sp³-hybridized carbons (Fsp3) is 0.600. The largest absolute Gasteiger partial charge is 0.312 e. The van der Waals surface area contributed by atoms with E-state index in [4.69, 9.17) is 0 Å². The number of rotatable bonds is 4. The van der Waals surface area contributed by atoms with Gasteiger partial charge in [-0.05, 0) is 48.9 Å². The molecule has 1 aliphatic rings. The topological polar surface area (TPSA) is 12.0 Å². The first-order chi connectivity index (χ1) is 8.24. The molecule has 2 heteroatoms. The zero-order valence-electron chi connectivity index (χ0n) is 10.6. The van der Waals surface area contributed by atoms with Crippen molar-refractivity contribution in [2.24, 2.45) is 11.8 Å². The van der Waals surface area contributed by atoms with Gasteiger partial charge < -0.3 is 5.32 Å². The lowest BCUT2D eigenvalue weighted by molar-refractivity contribution is 0.281. The Morgan fingerprint density at radius 1 is 1.12 bits per heavy atom. The highest BCUT2D eigenvalue weighted by atomic mass is 19.1. The minimum absolute atomic E-state index is 0.157. The highest BCUT2D eigenvalue weighted by Crippen LogP contribution is 2.27. The van der Waals surface area contributed by atoms with E-state index in [1.807, 2.05) is 12.1 Å². The van der Waals surface area contributed by atoms with Gasteiger partial charge >= 0.3 is 0 Å². The fourth-order valence-electron chi connectivity index (χ4n) is 2.56. The van der Waals surface area contributed by atoms with Crippen LogP contribution in [0.5, 0.6) is 0 Å². The summed E-state index contributed by atoms with van der Waals surface area (Å²) in [6.45, 7) is 4.30. The Kier molecular flexibility index (Phi) is 4.55. The van der Waals surface area contributed by atoms with E-state index in [1.165, 1.54) is 37.8 Å². The third-order valence-electron chi connectivity index (χ3n) is 3.81. The maximum absolute atomic E-state index is 12.7. The molecule has 0 aliphatic heterocycles. The third kappa shape index (κ3) is 4.12. The molecule has 0 unspecified atom stereocenters. The van der Waals surface area contributed by atoms with Crippen molar-refractivity contribution in [1.29, 1.82) is 0 Å². The highest BCUT2D eigenvalue weighted by molar-refractivity contribution is 5.15. The summed E-state index contributed by atoms with van der Waals surface area (Å²) in [6, 6.07) is 6.76. The molecule has 0 amide bonds.